The van der Waals surface area contributed by atoms with Crippen LogP contribution in [0.1, 0.15) is 48.4 Å². The van der Waals surface area contributed by atoms with Gasteiger partial charge in [-0.15, -0.1) is 11.8 Å². The molecule has 0 unspecified atom stereocenters. The normalized spacial score (nSPS) is 15.7. The first-order chi connectivity index (χ1) is 18.5. The lowest BCUT2D eigenvalue weighted by Gasteiger charge is -2.25. The van der Waals surface area contributed by atoms with Gasteiger partial charge in [-0.3, -0.25) is 14.5 Å². The highest BCUT2D eigenvalue weighted by Crippen LogP contribution is 2.48. The fraction of sp³-hybridized carbons (Fsp3) is 0.433. The van der Waals surface area contributed by atoms with E-state index < -0.39 is 0 Å². The van der Waals surface area contributed by atoms with Gasteiger partial charge in [0, 0.05) is 24.1 Å². The number of hydrogen-bond donors (Lipinski definition) is 1. The Morgan fingerprint density at radius 1 is 1.18 bits per heavy atom. The van der Waals surface area contributed by atoms with Crippen molar-refractivity contribution < 1.29 is 14.3 Å². The molecule has 0 saturated carbocycles. The minimum Gasteiger partial charge on any atom is -0.497 e. The van der Waals surface area contributed by atoms with E-state index in [1.54, 1.807) is 23.8 Å². The maximum atomic E-state index is 13.7. The number of amides is 2. The van der Waals surface area contributed by atoms with Gasteiger partial charge in [0.2, 0.25) is 11.8 Å². The lowest BCUT2D eigenvalue weighted by Crippen LogP contribution is -2.43. The van der Waals surface area contributed by atoms with Crippen LogP contribution >= 0.6 is 11.8 Å². The molecule has 4 rings (SSSR count). The smallest absolute Gasteiger partial charge is 0.240 e. The van der Waals surface area contributed by atoms with Gasteiger partial charge in [0.1, 0.15) is 18.1 Å². The number of aryl methyl sites for hydroxylation is 1. The van der Waals surface area contributed by atoms with Gasteiger partial charge in [-0.2, -0.15) is 5.10 Å². The van der Waals surface area contributed by atoms with E-state index >= 15 is 0 Å². The van der Waals surface area contributed by atoms with E-state index in [1.807, 2.05) is 47.9 Å². The van der Waals surface area contributed by atoms with E-state index in [9.17, 15) is 9.59 Å². The number of carbonyl (C=O) groups excluding carboxylic acids is 2. The van der Waals surface area contributed by atoms with Crippen LogP contribution in [0.15, 0.2) is 48.5 Å². The highest BCUT2D eigenvalue weighted by atomic mass is 32.2. The third kappa shape index (κ3) is 6.47. The average molecular weight is 550 g/mol. The zero-order chi connectivity index (χ0) is 28.3. The van der Waals surface area contributed by atoms with Crippen LogP contribution in [0, 0.1) is 6.92 Å². The van der Waals surface area contributed by atoms with E-state index in [0.29, 0.717) is 18.9 Å². The molecule has 0 fully saturated rings. The molecule has 2 amide bonds. The number of nitrogens with one attached hydrogen (secondary N) is 1. The maximum absolute atomic E-state index is 13.7. The Kier molecular flexibility index (Phi) is 8.71. The number of carbonyl (C=O) groups is 2. The van der Waals surface area contributed by atoms with Crippen molar-refractivity contribution in [3.63, 3.8) is 0 Å². The first kappa shape index (κ1) is 28.7. The van der Waals surface area contributed by atoms with Crippen LogP contribution in [0.2, 0.25) is 0 Å². The number of thioether (sulfide) groups is 1. The molecule has 2 aromatic carbocycles. The van der Waals surface area contributed by atoms with Gasteiger partial charge in [0.15, 0.2) is 0 Å². The minimum atomic E-state index is -0.308. The van der Waals surface area contributed by atoms with Crippen molar-refractivity contribution in [3.8, 4) is 11.4 Å². The van der Waals surface area contributed by atoms with Crippen molar-refractivity contribution >= 4 is 29.4 Å². The summed E-state index contributed by atoms with van der Waals surface area (Å²) >= 11 is 1.59. The van der Waals surface area contributed by atoms with Gasteiger partial charge < -0.3 is 15.0 Å². The molecule has 2 heterocycles. The molecule has 208 valence electrons. The number of benzene rings is 2. The number of likely N-dealkylation sites (N-methyl/N-ethyl adjacent to an activating group) is 1. The van der Waals surface area contributed by atoms with Crippen LogP contribution in [0.4, 0.5) is 5.82 Å². The summed E-state index contributed by atoms with van der Waals surface area (Å²) in [5.41, 5.74) is 4.63. The van der Waals surface area contributed by atoms with Crippen LogP contribution in [0.3, 0.4) is 0 Å². The highest BCUT2D eigenvalue weighted by molar-refractivity contribution is 8.00. The largest absolute Gasteiger partial charge is 0.497 e. The van der Waals surface area contributed by atoms with Crippen molar-refractivity contribution in [1.29, 1.82) is 0 Å². The zero-order valence-electron chi connectivity index (χ0n) is 23.9. The van der Waals surface area contributed by atoms with E-state index in [-0.39, 0.29) is 34.8 Å². The summed E-state index contributed by atoms with van der Waals surface area (Å²) in [7, 11) is 5.55. The van der Waals surface area contributed by atoms with Crippen LogP contribution in [-0.4, -0.2) is 73.1 Å². The van der Waals surface area contributed by atoms with E-state index in [0.717, 1.165) is 33.8 Å². The van der Waals surface area contributed by atoms with Crippen LogP contribution in [0.25, 0.3) is 5.69 Å². The van der Waals surface area contributed by atoms with Gasteiger partial charge in [-0.25, -0.2) is 4.68 Å². The molecule has 0 radical (unpaired) electrons. The Balaban J connectivity index is 1.92. The lowest BCUT2D eigenvalue weighted by molar-refractivity contribution is -0.122. The molecule has 39 heavy (non-hydrogen) atoms. The Labute approximate surface area is 235 Å². The number of methoxy groups -OCH3 is 1. The van der Waals surface area contributed by atoms with Crippen molar-refractivity contribution in [2.24, 2.45) is 0 Å². The molecule has 0 spiro atoms. The monoisotopic (exact) mass is 549 g/mol. The second-order valence-electron chi connectivity index (χ2n) is 11.2. The Hall–Kier alpha value is -3.30. The summed E-state index contributed by atoms with van der Waals surface area (Å²) in [6.07, 6.45) is 0. The van der Waals surface area contributed by atoms with Gasteiger partial charge in [-0.1, -0.05) is 50.6 Å². The number of rotatable bonds is 8. The molecule has 0 saturated heterocycles. The molecule has 1 atom stereocenters. The van der Waals surface area contributed by atoms with Crippen molar-refractivity contribution in [1.82, 2.24) is 20.0 Å². The number of hydrogen-bond acceptors (Lipinski definition) is 6. The predicted molar refractivity (Wildman–Crippen MR) is 158 cm³/mol. The molecular weight excluding hydrogens is 510 g/mol. The minimum absolute atomic E-state index is 0.0776. The Morgan fingerprint density at radius 3 is 2.51 bits per heavy atom. The summed E-state index contributed by atoms with van der Waals surface area (Å²) in [6.45, 7) is 9.63. The van der Waals surface area contributed by atoms with Gasteiger partial charge in [0.25, 0.3) is 0 Å². The van der Waals surface area contributed by atoms with Crippen LogP contribution in [-0.2, 0) is 15.0 Å². The molecule has 8 nitrogen and oxygen atoms in total. The first-order valence-electron chi connectivity index (χ1n) is 13.2. The number of nitrogens with zero attached hydrogens (tertiary/aromatic N) is 4. The predicted octanol–water partition coefficient (Wildman–Crippen LogP) is 4.33. The van der Waals surface area contributed by atoms with Crippen molar-refractivity contribution in [3.05, 3.63) is 70.9 Å². The maximum Gasteiger partial charge on any atom is 0.240 e. The van der Waals surface area contributed by atoms with Gasteiger partial charge in [-0.05, 0) is 50.8 Å². The quantitative estimate of drug-likeness (QED) is 0.451. The molecule has 1 aliphatic heterocycles. The summed E-state index contributed by atoms with van der Waals surface area (Å²) < 4.78 is 7.20. The van der Waals surface area contributed by atoms with Crippen molar-refractivity contribution in [2.75, 3.05) is 51.5 Å². The lowest BCUT2D eigenvalue weighted by atomic mass is 9.87. The molecule has 9 heteroatoms. The summed E-state index contributed by atoms with van der Waals surface area (Å²) in [5, 5.41) is 7.98. The van der Waals surface area contributed by atoms with Crippen LogP contribution in [0.5, 0.6) is 5.75 Å². The number of anilines is 1. The molecule has 1 aliphatic rings. The van der Waals surface area contributed by atoms with E-state index in [1.165, 1.54) is 0 Å². The Bertz CT molecular complexity index is 1330. The summed E-state index contributed by atoms with van der Waals surface area (Å²) in [6, 6.07) is 16.0. The first-order valence-corrected chi connectivity index (χ1v) is 14.2. The SMILES string of the molecule is COc1ccc(-n2nc(C(C)(C)C)c3c2N(CC(=O)NCCN(C)C)C(=O)CS[C@H]3c2cccc(C)c2)cc1. The van der Waals surface area contributed by atoms with Gasteiger partial charge in [0.05, 0.1) is 29.5 Å². The molecule has 0 aliphatic carbocycles. The standard InChI is InChI=1S/C30H39N5O3S/c1-20-9-8-10-21(17-20)27-26-28(30(2,3)4)32-35(22-11-13-23(38-7)14-12-22)29(26)34(25(37)19-39-27)18-24(36)31-15-16-33(5)6/h8-14,17,27H,15-16,18-19H2,1-7H3,(H,31,36)/t27-/m0/s1. The topological polar surface area (TPSA) is 79.7 Å². The molecular formula is C30H39N5O3S. The molecule has 1 N–H and O–H groups in total. The average Bonchev–Trinajstić information content (AvgIpc) is 3.22. The highest BCUT2D eigenvalue weighted by Gasteiger charge is 2.39. The molecule has 0 bridgehead atoms. The summed E-state index contributed by atoms with van der Waals surface area (Å²) in [4.78, 5) is 30.5. The second kappa shape index (κ2) is 11.8. The van der Waals surface area contributed by atoms with Crippen LogP contribution < -0.4 is 15.0 Å². The fourth-order valence-corrected chi connectivity index (χ4v) is 5.88. The summed E-state index contributed by atoms with van der Waals surface area (Å²) in [5.74, 6) is 1.32. The van der Waals surface area contributed by atoms with E-state index in [2.05, 4.69) is 57.3 Å². The van der Waals surface area contributed by atoms with Crippen molar-refractivity contribution in [2.45, 2.75) is 38.4 Å². The fourth-order valence-electron chi connectivity index (χ4n) is 4.69. The zero-order valence-corrected chi connectivity index (χ0v) is 24.8. The number of ether oxygens (including phenoxy) is 1. The molecule has 1 aromatic heterocycles. The number of aromatic nitrogens is 2. The Morgan fingerprint density at radius 2 is 1.90 bits per heavy atom. The third-order valence-corrected chi connectivity index (χ3v) is 7.90. The van der Waals surface area contributed by atoms with E-state index in [4.69, 9.17) is 9.84 Å². The molecule has 3 aromatic rings. The second-order valence-corrected chi connectivity index (χ2v) is 12.3. The van der Waals surface area contributed by atoms with Gasteiger partial charge >= 0.3 is 0 Å². The number of fused-ring (bicyclic) bond motifs is 1. The third-order valence-electron chi connectivity index (χ3n) is 6.64.